The van der Waals surface area contributed by atoms with Crippen molar-refractivity contribution in [1.29, 1.82) is 0 Å². The van der Waals surface area contributed by atoms with Gasteiger partial charge in [0.15, 0.2) is 0 Å². The fraction of sp³-hybridized carbons (Fsp3) is 0.381. The molecule has 2 aromatic rings. The van der Waals surface area contributed by atoms with Crippen molar-refractivity contribution >= 4 is 21.6 Å². The molecule has 9 nitrogen and oxygen atoms in total. The molecule has 1 heterocycles. The lowest BCUT2D eigenvalue weighted by Gasteiger charge is -2.26. The van der Waals surface area contributed by atoms with Crippen LogP contribution in [0, 0.1) is 6.92 Å². The Morgan fingerprint density at radius 1 is 0.968 bits per heavy atom. The zero-order valence-electron chi connectivity index (χ0n) is 17.9. The van der Waals surface area contributed by atoms with E-state index in [0.717, 1.165) is 5.56 Å². The van der Waals surface area contributed by atoms with E-state index in [2.05, 4.69) is 5.32 Å². The van der Waals surface area contributed by atoms with Gasteiger partial charge in [-0.05, 0) is 37.3 Å². The lowest BCUT2D eigenvalue weighted by Crippen LogP contribution is -2.40. The average Bonchev–Trinajstić information content (AvgIpc) is 2.79. The number of ether oxygens (including phenoxy) is 4. The van der Waals surface area contributed by atoms with Gasteiger partial charge in [0, 0.05) is 24.2 Å². The van der Waals surface area contributed by atoms with Gasteiger partial charge in [-0.15, -0.1) is 0 Å². The summed E-state index contributed by atoms with van der Waals surface area (Å²) in [6.45, 7) is 3.06. The molecule has 1 aliphatic heterocycles. The van der Waals surface area contributed by atoms with Crippen molar-refractivity contribution in [3.63, 3.8) is 0 Å². The van der Waals surface area contributed by atoms with E-state index >= 15 is 0 Å². The highest BCUT2D eigenvalue weighted by atomic mass is 32.2. The van der Waals surface area contributed by atoms with Crippen molar-refractivity contribution < 1.29 is 32.2 Å². The third-order valence-corrected chi connectivity index (χ3v) is 6.94. The maximum absolute atomic E-state index is 13.0. The molecular formula is C21H26N2O7S. The summed E-state index contributed by atoms with van der Waals surface area (Å²) in [5, 5.41) is 2.73. The first-order valence-corrected chi connectivity index (χ1v) is 11.1. The van der Waals surface area contributed by atoms with Crippen molar-refractivity contribution in [3.05, 3.63) is 41.5 Å². The molecule has 1 N–H and O–H groups in total. The normalized spacial score (nSPS) is 14.7. The number of benzene rings is 2. The van der Waals surface area contributed by atoms with E-state index < -0.39 is 15.9 Å². The molecule has 3 rings (SSSR count). The first-order chi connectivity index (χ1) is 14.8. The summed E-state index contributed by atoms with van der Waals surface area (Å²) in [5.74, 6) is 0.872. The molecule has 1 aliphatic rings. The molecule has 168 valence electrons. The van der Waals surface area contributed by atoms with Crippen LogP contribution in [0.1, 0.15) is 15.9 Å². The van der Waals surface area contributed by atoms with Gasteiger partial charge in [0.25, 0.3) is 5.91 Å². The molecule has 0 aromatic heterocycles. The van der Waals surface area contributed by atoms with Crippen LogP contribution in [0.25, 0.3) is 0 Å². The summed E-state index contributed by atoms with van der Waals surface area (Å²) in [7, 11) is 0.726. The number of morpholine rings is 1. The summed E-state index contributed by atoms with van der Waals surface area (Å²) < 4.78 is 48.5. The molecule has 10 heteroatoms. The smallest absolute Gasteiger partial charge is 0.256 e. The molecule has 0 atom stereocenters. The maximum atomic E-state index is 13.0. The number of carbonyl (C=O) groups is 1. The standard InChI is InChI=1S/C21H26N2O7S/c1-14-19(28-3)11-15(12-20(14)29-4)21(24)22-17-13-16(5-6-18(17)27-2)31(25,26)23-7-9-30-10-8-23/h5-6,11-13H,7-10H2,1-4H3,(H,22,24). The van der Waals surface area contributed by atoms with Crippen LogP contribution in [0.5, 0.6) is 17.2 Å². The lowest BCUT2D eigenvalue weighted by molar-refractivity contribution is 0.0730. The molecule has 1 amide bonds. The first kappa shape index (κ1) is 22.9. The summed E-state index contributed by atoms with van der Waals surface area (Å²) in [6.07, 6.45) is 0. The summed E-state index contributed by atoms with van der Waals surface area (Å²) in [6, 6.07) is 7.54. The van der Waals surface area contributed by atoms with Crippen LogP contribution in [-0.2, 0) is 14.8 Å². The Hall–Kier alpha value is -2.82. The predicted molar refractivity (Wildman–Crippen MR) is 115 cm³/mol. The Balaban J connectivity index is 1.94. The number of anilines is 1. The topological polar surface area (TPSA) is 103 Å². The van der Waals surface area contributed by atoms with Gasteiger partial charge < -0.3 is 24.3 Å². The molecule has 1 fully saturated rings. The fourth-order valence-electron chi connectivity index (χ4n) is 3.29. The van der Waals surface area contributed by atoms with Crippen LogP contribution in [0.4, 0.5) is 5.69 Å². The second-order valence-corrected chi connectivity index (χ2v) is 8.78. The van der Waals surface area contributed by atoms with E-state index in [9.17, 15) is 13.2 Å². The number of methoxy groups -OCH3 is 3. The van der Waals surface area contributed by atoms with Crippen LogP contribution in [0.15, 0.2) is 35.2 Å². The van der Waals surface area contributed by atoms with Crippen molar-refractivity contribution in [3.8, 4) is 17.2 Å². The summed E-state index contributed by atoms with van der Waals surface area (Å²) in [4.78, 5) is 13.0. The Kier molecular flexibility index (Phi) is 7.04. The molecule has 0 bridgehead atoms. The number of hydrogen-bond donors (Lipinski definition) is 1. The highest BCUT2D eigenvalue weighted by molar-refractivity contribution is 7.89. The molecular weight excluding hydrogens is 424 g/mol. The number of hydrogen-bond acceptors (Lipinski definition) is 7. The number of nitrogens with zero attached hydrogens (tertiary/aromatic N) is 1. The number of sulfonamides is 1. The SMILES string of the molecule is COc1ccc(S(=O)(=O)N2CCOCC2)cc1NC(=O)c1cc(OC)c(C)c(OC)c1. The summed E-state index contributed by atoms with van der Waals surface area (Å²) >= 11 is 0. The Morgan fingerprint density at radius 2 is 1.55 bits per heavy atom. The maximum Gasteiger partial charge on any atom is 0.256 e. The van der Waals surface area contributed by atoms with Crippen molar-refractivity contribution in [2.24, 2.45) is 0 Å². The Labute approximate surface area is 181 Å². The third kappa shape index (κ3) is 4.76. The van der Waals surface area contributed by atoms with Gasteiger partial charge in [-0.1, -0.05) is 0 Å². The van der Waals surface area contributed by atoms with Gasteiger partial charge in [0.1, 0.15) is 17.2 Å². The number of amides is 1. The quantitative estimate of drug-likeness (QED) is 0.690. The van der Waals surface area contributed by atoms with E-state index in [1.807, 2.05) is 6.92 Å². The van der Waals surface area contributed by atoms with Crippen LogP contribution in [0.3, 0.4) is 0 Å². The van der Waals surface area contributed by atoms with Crippen LogP contribution < -0.4 is 19.5 Å². The van der Waals surface area contributed by atoms with Gasteiger partial charge >= 0.3 is 0 Å². The van der Waals surface area contributed by atoms with Gasteiger partial charge in [-0.3, -0.25) is 4.79 Å². The Morgan fingerprint density at radius 3 is 2.10 bits per heavy atom. The molecule has 0 aliphatic carbocycles. The average molecular weight is 451 g/mol. The minimum absolute atomic E-state index is 0.0598. The van der Waals surface area contributed by atoms with Crippen LogP contribution in [0.2, 0.25) is 0 Å². The molecule has 0 spiro atoms. The molecule has 0 unspecified atom stereocenters. The number of rotatable bonds is 7. The van der Waals surface area contributed by atoms with E-state index in [0.29, 0.717) is 36.0 Å². The molecule has 31 heavy (non-hydrogen) atoms. The largest absolute Gasteiger partial charge is 0.496 e. The highest BCUT2D eigenvalue weighted by Crippen LogP contribution is 2.32. The minimum atomic E-state index is -3.73. The molecule has 1 saturated heterocycles. The monoisotopic (exact) mass is 450 g/mol. The van der Waals surface area contributed by atoms with Crippen molar-refractivity contribution in [2.75, 3.05) is 52.9 Å². The Bertz CT molecular complexity index is 1040. The van der Waals surface area contributed by atoms with E-state index in [1.165, 1.54) is 43.8 Å². The van der Waals surface area contributed by atoms with Gasteiger partial charge in [-0.25, -0.2) is 8.42 Å². The van der Waals surface area contributed by atoms with E-state index in [-0.39, 0.29) is 23.7 Å². The molecule has 2 aromatic carbocycles. The van der Waals surface area contributed by atoms with Crippen molar-refractivity contribution in [1.82, 2.24) is 4.31 Å². The zero-order chi connectivity index (χ0) is 22.6. The van der Waals surface area contributed by atoms with Gasteiger partial charge in [0.2, 0.25) is 10.0 Å². The van der Waals surface area contributed by atoms with Crippen LogP contribution in [-0.4, -0.2) is 66.3 Å². The van der Waals surface area contributed by atoms with Crippen LogP contribution >= 0.6 is 0 Å². The zero-order valence-corrected chi connectivity index (χ0v) is 18.7. The highest BCUT2D eigenvalue weighted by Gasteiger charge is 2.27. The molecule has 0 saturated carbocycles. The second-order valence-electron chi connectivity index (χ2n) is 6.84. The molecule has 0 radical (unpaired) electrons. The second kappa shape index (κ2) is 9.54. The van der Waals surface area contributed by atoms with E-state index in [4.69, 9.17) is 18.9 Å². The predicted octanol–water partition coefficient (Wildman–Crippen LogP) is 2.29. The van der Waals surface area contributed by atoms with Crippen molar-refractivity contribution in [2.45, 2.75) is 11.8 Å². The minimum Gasteiger partial charge on any atom is -0.496 e. The first-order valence-electron chi connectivity index (χ1n) is 9.61. The summed E-state index contributed by atoms with van der Waals surface area (Å²) in [5.41, 5.74) is 1.29. The van der Waals surface area contributed by atoms with Gasteiger partial charge in [-0.2, -0.15) is 4.31 Å². The fourth-order valence-corrected chi connectivity index (χ4v) is 4.73. The number of carbonyl (C=O) groups excluding carboxylic acids is 1. The third-order valence-electron chi connectivity index (χ3n) is 5.04. The van der Waals surface area contributed by atoms with E-state index in [1.54, 1.807) is 12.1 Å². The van der Waals surface area contributed by atoms with Gasteiger partial charge in [0.05, 0.1) is 45.1 Å². The number of nitrogens with one attached hydrogen (secondary N) is 1. The lowest BCUT2D eigenvalue weighted by atomic mass is 10.1.